The molecule has 0 bridgehead atoms. The molecule has 0 N–H and O–H groups in total. The predicted molar refractivity (Wildman–Crippen MR) is 82.9 cm³/mol. The molecule has 0 fully saturated rings. The zero-order valence-electron chi connectivity index (χ0n) is 13.0. The topological polar surface area (TPSA) is 26.3 Å². The minimum Gasteiger partial charge on any atom is -0.410 e. The van der Waals surface area contributed by atoms with Gasteiger partial charge in [0.1, 0.15) is 0 Å². The number of nitrogens with zero attached hydrogens (tertiary/aromatic N) is 1. The first-order valence-corrected chi connectivity index (χ1v) is 7.37. The predicted octanol–water partition coefficient (Wildman–Crippen LogP) is 3.47. The maximum Gasteiger partial charge on any atom is 0.335 e. The van der Waals surface area contributed by atoms with Gasteiger partial charge in [0.2, 0.25) is 6.23 Å². The van der Waals surface area contributed by atoms with Crippen molar-refractivity contribution in [2.24, 2.45) is 0 Å². The fourth-order valence-electron chi connectivity index (χ4n) is 2.49. The summed E-state index contributed by atoms with van der Waals surface area (Å²) < 4.78 is 6.35. The molecule has 0 heterocycles. The number of ether oxygens (including phenoxy) is 1. The Balaban J connectivity index is 2.64. The van der Waals surface area contributed by atoms with E-state index in [1.807, 2.05) is 37.3 Å². The van der Waals surface area contributed by atoms with Crippen LogP contribution in [-0.2, 0) is 9.53 Å². The third kappa shape index (κ3) is 4.20. The monoisotopic (exact) mass is 276 g/mol. The van der Waals surface area contributed by atoms with Crippen molar-refractivity contribution in [3.05, 3.63) is 42.0 Å². The van der Waals surface area contributed by atoms with E-state index < -0.39 is 0 Å². The Kier molecular flexibility index (Phi) is 6.46. The van der Waals surface area contributed by atoms with E-state index in [0.29, 0.717) is 0 Å². The van der Waals surface area contributed by atoms with E-state index in [1.165, 1.54) is 6.08 Å². The summed E-state index contributed by atoms with van der Waals surface area (Å²) in [4.78, 5) is 11.9. The van der Waals surface area contributed by atoms with Crippen LogP contribution in [0.15, 0.2) is 36.4 Å². The van der Waals surface area contributed by atoms with Crippen molar-refractivity contribution in [2.45, 2.75) is 33.9 Å². The molecule has 0 radical (unpaired) electrons. The Labute approximate surface area is 122 Å². The number of carbonyl (C=O) groups is 1. The Morgan fingerprint density at radius 2 is 1.70 bits per heavy atom. The molecule has 1 unspecified atom stereocenters. The smallest absolute Gasteiger partial charge is 0.335 e. The number of benzene rings is 1. The Hall–Kier alpha value is -1.61. The van der Waals surface area contributed by atoms with Gasteiger partial charge in [0.15, 0.2) is 0 Å². The quantitative estimate of drug-likeness (QED) is 0.330. The van der Waals surface area contributed by atoms with E-state index in [2.05, 4.69) is 20.8 Å². The zero-order chi connectivity index (χ0) is 15.0. The fraction of sp³-hybridized carbons (Fsp3) is 0.471. The number of hydrogen-bond acceptors (Lipinski definition) is 2. The number of carbonyl (C=O) groups excluding carboxylic acids is 1. The summed E-state index contributed by atoms with van der Waals surface area (Å²) in [6.07, 6.45) is 3.16. The minimum atomic E-state index is -0.279. The molecule has 0 saturated carbocycles. The molecule has 0 spiro atoms. The van der Waals surface area contributed by atoms with Crippen LogP contribution in [0, 0.1) is 0 Å². The Morgan fingerprint density at radius 3 is 2.20 bits per heavy atom. The molecule has 1 aromatic carbocycles. The SMILES string of the molecule is CC[N+](CC)(CC)C(C)OC(=O)C=Cc1ccccc1. The molecule has 1 rings (SSSR count). The summed E-state index contributed by atoms with van der Waals surface area (Å²) in [7, 11) is 0. The van der Waals surface area contributed by atoms with E-state index in [-0.39, 0.29) is 12.2 Å². The van der Waals surface area contributed by atoms with Crippen LogP contribution in [0.4, 0.5) is 0 Å². The number of esters is 1. The molecule has 3 nitrogen and oxygen atoms in total. The highest BCUT2D eigenvalue weighted by Crippen LogP contribution is 2.14. The highest BCUT2D eigenvalue weighted by atomic mass is 16.6. The van der Waals surface area contributed by atoms with Gasteiger partial charge in [-0.05, 0) is 32.4 Å². The van der Waals surface area contributed by atoms with Gasteiger partial charge < -0.3 is 4.74 Å². The summed E-state index contributed by atoms with van der Waals surface area (Å²) in [6.45, 7) is 11.3. The highest BCUT2D eigenvalue weighted by molar-refractivity contribution is 5.87. The molecule has 0 amide bonds. The van der Waals surface area contributed by atoms with Crippen molar-refractivity contribution >= 4 is 12.0 Å². The molecule has 0 aliphatic carbocycles. The van der Waals surface area contributed by atoms with Gasteiger partial charge in [0.25, 0.3) is 0 Å². The zero-order valence-corrected chi connectivity index (χ0v) is 13.0. The van der Waals surface area contributed by atoms with Gasteiger partial charge in [-0.3, -0.25) is 4.48 Å². The Bertz CT molecular complexity index is 427. The van der Waals surface area contributed by atoms with Crippen LogP contribution in [0.5, 0.6) is 0 Å². The van der Waals surface area contributed by atoms with Gasteiger partial charge >= 0.3 is 5.97 Å². The van der Waals surface area contributed by atoms with Crippen LogP contribution in [0.2, 0.25) is 0 Å². The molecule has 1 aromatic rings. The normalized spacial score (nSPS) is 13.4. The van der Waals surface area contributed by atoms with Crippen LogP contribution < -0.4 is 0 Å². The molecule has 1 atom stereocenters. The molecule has 0 aromatic heterocycles. The second-order valence-corrected chi connectivity index (χ2v) is 4.95. The third-order valence-corrected chi connectivity index (χ3v) is 4.16. The van der Waals surface area contributed by atoms with Crippen LogP contribution in [0.1, 0.15) is 33.3 Å². The largest absolute Gasteiger partial charge is 0.410 e. The van der Waals surface area contributed by atoms with Crippen molar-refractivity contribution in [3.8, 4) is 0 Å². The first-order chi connectivity index (χ1) is 9.57. The van der Waals surface area contributed by atoms with Crippen molar-refractivity contribution in [1.82, 2.24) is 0 Å². The van der Waals surface area contributed by atoms with Gasteiger partial charge in [-0.25, -0.2) is 4.79 Å². The van der Waals surface area contributed by atoms with E-state index >= 15 is 0 Å². The molecule has 3 heteroatoms. The molecule has 0 aliphatic rings. The van der Waals surface area contributed by atoms with Crippen LogP contribution in [0.25, 0.3) is 6.08 Å². The van der Waals surface area contributed by atoms with Crippen LogP contribution >= 0.6 is 0 Å². The van der Waals surface area contributed by atoms with E-state index in [9.17, 15) is 4.79 Å². The molecule has 0 aliphatic heterocycles. The maximum absolute atomic E-state index is 11.9. The molecule has 20 heavy (non-hydrogen) atoms. The summed E-state index contributed by atoms with van der Waals surface area (Å²) in [5, 5.41) is 0. The van der Waals surface area contributed by atoms with Crippen LogP contribution in [-0.4, -0.2) is 36.3 Å². The molecular formula is C17H26NO2+. The Morgan fingerprint density at radius 1 is 1.15 bits per heavy atom. The van der Waals surface area contributed by atoms with Crippen molar-refractivity contribution < 1.29 is 14.0 Å². The van der Waals surface area contributed by atoms with Crippen LogP contribution in [0.3, 0.4) is 0 Å². The number of hydrogen-bond donors (Lipinski definition) is 0. The lowest BCUT2D eigenvalue weighted by molar-refractivity contribution is -0.962. The van der Waals surface area contributed by atoms with Crippen molar-refractivity contribution in [2.75, 3.05) is 19.6 Å². The average molecular weight is 276 g/mol. The maximum atomic E-state index is 11.9. The third-order valence-electron chi connectivity index (χ3n) is 4.16. The highest BCUT2D eigenvalue weighted by Gasteiger charge is 2.30. The first-order valence-electron chi connectivity index (χ1n) is 7.37. The van der Waals surface area contributed by atoms with Gasteiger partial charge in [-0.1, -0.05) is 30.3 Å². The van der Waals surface area contributed by atoms with Gasteiger partial charge in [0, 0.05) is 13.0 Å². The van der Waals surface area contributed by atoms with E-state index in [1.54, 1.807) is 6.08 Å². The number of quaternary nitrogens is 1. The lowest BCUT2D eigenvalue weighted by Gasteiger charge is -2.39. The summed E-state index contributed by atoms with van der Waals surface area (Å²) in [5.74, 6) is -0.279. The average Bonchev–Trinajstić information content (AvgIpc) is 2.48. The molecular weight excluding hydrogens is 250 g/mol. The first kappa shape index (κ1) is 16.4. The van der Waals surface area contributed by atoms with E-state index in [4.69, 9.17) is 4.74 Å². The van der Waals surface area contributed by atoms with Crippen molar-refractivity contribution in [3.63, 3.8) is 0 Å². The van der Waals surface area contributed by atoms with Gasteiger partial charge in [-0.15, -0.1) is 0 Å². The second-order valence-electron chi connectivity index (χ2n) is 4.95. The second kappa shape index (κ2) is 7.85. The summed E-state index contributed by atoms with van der Waals surface area (Å²) in [6, 6.07) is 9.75. The van der Waals surface area contributed by atoms with Crippen molar-refractivity contribution in [1.29, 1.82) is 0 Å². The minimum absolute atomic E-state index is 0.122. The number of rotatable bonds is 7. The standard InChI is InChI=1S/C17H26NO2/c1-5-18(6-2,7-3)15(4)20-17(19)14-13-16-11-9-8-10-12-16/h8-15H,5-7H2,1-4H3/q+1. The lowest BCUT2D eigenvalue weighted by Crippen LogP contribution is -2.55. The summed E-state index contributed by atoms with van der Waals surface area (Å²) in [5.41, 5.74) is 0.999. The fourth-order valence-corrected chi connectivity index (χ4v) is 2.49. The summed E-state index contributed by atoms with van der Waals surface area (Å²) >= 11 is 0. The van der Waals surface area contributed by atoms with E-state index in [0.717, 1.165) is 29.7 Å². The van der Waals surface area contributed by atoms with Gasteiger partial charge in [-0.2, -0.15) is 0 Å². The molecule has 110 valence electrons. The molecule has 0 saturated heterocycles. The lowest BCUT2D eigenvalue weighted by atomic mass is 10.2. The van der Waals surface area contributed by atoms with Gasteiger partial charge in [0.05, 0.1) is 19.6 Å².